The van der Waals surface area contributed by atoms with Crippen LogP contribution in [0.3, 0.4) is 0 Å². The highest BCUT2D eigenvalue weighted by Crippen LogP contribution is 2.38. The van der Waals surface area contributed by atoms with Gasteiger partial charge >= 0.3 is 6.18 Å². The highest BCUT2D eigenvalue weighted by molar-refractivity contribution is 5.28. The van der Waals surface area contributed by atoms with Gasteiger partial charge in [0.25, 0.3) is 0 Å². The molecule has 0 aliphatic rings. The lowest BCUT2D eigenvalue weighted by Crippen LogP contribution is -2.21. The van der Waals surface area contributed by atoms with Crippen molar-refractivity contribution < 1.29 is 18.3 Å². The number of rotatable bonds is 3. The van der Waals surface area contributed by atoms with E-state index in [9.17, 15) is 18.3 Å². The first-order valence-corrected chi connectivity index (χ1v) is 6.22. The Morgan fingerprint density at radius 2 is 1.84 bits per heavy atom. The molecule has 1 aromatic heterocycles. The molecule has 1 heterocycles. The van der Waals surface area contributed by atoms with E-state index < -0.39 is 17.8 Å². The van der Waals surface area contributed by atoms with Gasteiger partial charge in [-0.2, -0.15) is 13.2 Å². The molecule has 5 heteroatoms. The molecular formula is C14H20F3NO. The summed E-state index contributed by atoms with van der Waals surface area (Å²) in [7, 11) is 0. The lowest BCUT2D eigenvalue weighted by atomic mass is 9.78. The van der Waals surface area contributed by atoms with E-state index in [0.29, 0.717) is 0 Å². The first kappa shape index (κ1) is 16.0. The smallest absolute Gasteiger partial charge is 0.388 e. The third kappa shape index (κ3) is 4.20. The molecule has 0 bridgehead atoms. The maximum absolute atomic E-state index is 12.8. The van der Waals surface area contributed by atoms with Crippen molar-refractivity contribution in [3.05, 3.63) is 29.6 Å². The van der Waals surface area contributed by atoms with Crippen LogP contribution >= 0.6 is 0 Å². The van der Waals surface area contributed by atoms with Crippen molar-refractivity contribution in [1.82, 2.24) is 4.98 Å². The average molecular weight is 275 g/mol. The van der Waals surface area contributed by atoms with Crippen molar-refractivity contribution in [2.75, 3.05) is 0 Å². The summed E-state index contributed by atoms with van der Waals surface area (Å²) in [6, 6.07) is 0.903. The molecule has 0 aliphatic heterocycles. The standard InChI is InChI=1S/C14H20F3NO/c1-9(13(2,3)4)7-12(19)10-8-18-6-5-11(10)14(15,16)17/h5-6,8-9,12,19H,7H2,1-4H3. The summed E-state index contributed by atoms with van der Waals surface area (Å²) in [5, 5.41) is 10.1. The minimum atomic E-state index is -4.47. The van der Waals surface area contributed by atoms with E-state index in [-0.39, 0.29) is 23.3 Å². The van der Waals surface area contributed by atoms with Crippen LogP contribution in [0.5, 0.6) is 0 Å². The average Bonchev–Trinajstić information content (AvgIpc) is 2.26. The third-order valence-electron chi connectivity index (χ3n) is 3.57. The van der Waals surface area contributed by atoms with E-state index in [1.165, 1.54) is 0 Å². The summed E-state index contributed by atoms with van der Waals surface area (Å²) in [5.41, 5.74) is -1.02. The lowest BCUT2D eigenvalue weighted by molar-refractivity contribution is -0.139. The van der Waals surface area contributed by atoms with E-state index in [0.717, 1.165) is 18.5 Å². The largest absolute Gasteiger partial charge is 0.416 e. The van der Waals surface area contributed by atoms with Crippen LogP contribution in [0, 0.1) is 11.3 Å². The Balaban J connectivity index is 2.98. The molecule has 0 spiro atoms. The Bertz CT molecular complexity index is 423. The van der Waals surface area contributed by atoms with Crippen molar-refractivity contribution in [3.63, 3.8) is 0 Å². The van der Waals surface area contributed by atoms with Crippen LogP contribution in [0.2, 0.25) is 0 Å². The van der Waals surface area contributed by atoms with Gasteiger partial charge in [-0.25, -0.2) is 0 Å². The van der Waals surface area contributed by atoms with E-state index in [2.05, 4.69) is 4.98 Å². The van der Waals surface area contributed by atoms with Crippen LogP contribution in [-0.4, -0.2) is 10.1 Å². The molecule has 0 aliphatic carbocycles. The molecule has 2 nitrogen and oxygen atoms in total. The number of hydrogen-bond donors (Lipinski definition) is 1. The van der Waals surface area contributed by atoms with Crippen LogP contribution in [0.4, 0.5) is 13.2 Å². The molecule has 1 rings (SSSR count). The fourth-order valence-electron chi connectivity index (χ4n) is 1.75. The van der Waals surface area contributed by atoms with Gasteiger partial charge in [-0.1, -0.05) is 27.7 Å². The maximum atomic E-state index is 12.8. The SMILES string of the molecule is CC(CC(O)c1cnccc1C(F)(F)F)C(C)(C)C. The van der Waals surface area contributed by atoms with Gasteiger partial charge in [0.2, 0.25) is 0 Å². The van der Waals surface area contributed by atoms with Gasteiger partial charge in [0, 0.05) is 18.0 Å². The van der Waals surface area contributed by atoms with Gasteiger partial charge < -0.3 is 5.11 Å². The zero-order valence-electron chi connectivity index (χ0n) is 11.6. The molecule has 19 heavy (non-hydrogen) atoms. The molecule has 108 valence electrons. The van der Waals surface area contributed by atoms with E-state index in [1.54, 1.807) is 0 Å². The number of nitrogens with zero attached hydrogens (tertiary/aromatic N) is 1. The van der Waals surface area contributed by atoms with Gasteiger partial charge in [0.15, 0.2) is 0 Å². The zero-order chi connectivity index (χ0) is 14.8. The molecular weight excluding hydrogens is 255 g/mol. The number of aliphatic hydroxyl groups excluding tert-OH is 1. The Labute approximate surface area is 111 Å². The topological polar surface area (TPSA) is 33.1 Å². The molecule has 0 saturated carbocycles. The number of alkyl halides is 3. The van der Waals surface area contributed by atoms with Crippen molar-refractivity contribution >= 4 is 0 Å². The number of aromatic nitrogens is 1. The number of hydrogen-bond acceptors (Lipinski definition) is 2. The Morgan fingerprint density at radius 3 is 2.32 bits per heavy atom. The summed E-state index contributed by atoms with van der Waals surface area (Å²) in [5.74, 6) is 0.0868. The first-order chi connectivity index (χ1) is 8.53. The monoisotopic (exact) mass is 275 g/mol. The predicted octanol–water partition coefficient (Wildman–Crippen LogP) is 4.21. The molecule has 0 radical (unpaired) electrons. The van der Waals surface area contributed by atoms with Crippen LogP contribution < -0.4 is 0 Å². The van der Waals surface area contributed by atoms with Gasteiger partial charge in [-0.05, 0) is 23.8 Å². The second-order valence-corrected chi connectivity index (χ2v) is 5.98. The van der Waals surface area contributed by atoms with Crippen molar-refractivity contribution in [1.29, 1.82) is 0 Å². The fourth-order valence-corrected chi connectivity index (χ4v) is 1.75. The summed E-state index contributed by atoms with van der Waals surface area (Å²) in [4.78, 5) is 3.69. The third-order valence-corrected chi connectivity index (χ3v) is 3.57. The molecule has 1 aromatic rings. The minimum Gasteiger partial charge on any atom is -0.388 e. The van der Waals surface area contributed by atoms with Gasteiger partial charge in [0.05, 0.1) is 11.7 Å². The summed E-state index contributed by atoms with van der Waals surface area (Å²) >= 11 is 0. The lowest BCUT2D eigenvalue weighted by Gasteiger charge is -2.29. The highest BCUT2D eigenvalue weighted by atomic mass is 19.4. The maximum Gasteiger partial charge on any atom is 0.416 e. The molecule has 2 atom stereocenters. The van der Waals surface area contributed by atoms with Crippen molar-refractivity contribution in [2.45, 2.75) is 46.4 Å². The first-order valence-electron chi connectivity index (χ1n) is 6.22. The quantitative estimate of drug-likeness (QED) is 0.896. The molecule has 1 N–H and O–H groups in total. The zero-order valence-corrected chi connectivity index (χ0v) is 11.6. The van der Waals surface area contributed by atoms with Gasteiger partial charge in [0.1, 0.15) is 0 Å². The second-order valence-electron chi connectivity index (χ2n) is 5.98. The minimum absolute atomic E-state index is 0.0679. The van der Waals surface area contributed by atoms with Crippen molar-refractivity contribution in [3.8, 4) is 0 Å². The summed E-state index contributed by atoms with van der Waals surface area (Å²) in [6.45, 7) is 7.92. The van der Waals surface area contributed by atoms with Crippen LogP contribution in [0.1, 0.15) is 51.3 Å². The fraction of sp³-hybridized carbons (Fsp3) is 0.643. The van der Waals surface area contributed by atoms with Gasteiger partial charge in [-0.3, -0.25) is 4.98 Å². The Kier molecular flexibility index (Phi) is 4.61. The molecule has 0 fully saturated rings. The molecule has 0 saturated heterocycles. The van der Waals surface area contributed by atoms with E-state index in [1.807, 2.05) is 27.7 Å². The number of aliphatic hydroxyl groups is 1. The summed E-state index contributed by atoms with van der Waals surface area (Å²) < 4.78 is 38.5. The molecule has 0 amide bonds. The molecule has 0 aromatic carbocycles. The van der Waals surface area contributed by atoms with Crippen molar-refractivity contribution in [2.24, 2.45) is 11.3 Å². The van der Waals surface area contributed by atoms with E-state index >= 15 is 0 Å². The highest BCUT2D eigenvalue weighted by Gasteiger charge is 2.35. The van der Waals surface area contributed by atoms with Crippen LogP contribution in [0.15, 0.2) is 18.5 Å². The van der Waals surface area contributed by atoms with Crippen LogP contribution in [-0.2, 0) is 6.18 Å². The predicted molar refractivity (Wildman–Crippen MR) is 67.4 cm³/mol. The normalized spacial score (nSPS) is 16.2. The number of pyridine rings is 1. The second kappa shape index (κ2) is 5.49. The Morgan fingerprint density at radius 1 is 1.26 bits per heavy atom. The van der Waals surface area contributed by atoms with E-state index in [4.69, 9.17) is 0 Å². The van der Waals surface area contributed by atoms with Crippen LogP contribution in [0.25, 0.3) is 0 Å². The Hall–Kier alpha value is -1.10. The molecule has 2 unspecified atom stereocenters. The number of halogens is 3. The van der Waals surface area contributed by atoms with Gasteiger partial charge in [-0.15, -0.1) is 0 Å². The summed E-state index contributed by atoms with van der Waals surface area (Å²) in [6.07, 6.45) is -3.16.